The van der Waals surface area contributed by atoms with Gasteiger partial charge in [0.25, 0.3) is 0 Å². The van der Waals surface area contributed by atoms with Gasteiger partial charge in [-0.2, -0.15) is 0 Å². The van der Waals surface area contributed by atoms with Gasteiger partial charge in [-0.1, -0.05) is 13.8 Å². The molecule has 0 heterocycles. The molecule has 0 spiro atoms. The zero-order chi connectivity index (χ0) is 13.7. The smallest absolute Gasteiger partial charge is 0.123 e. The molecule has 2 nitrogen and oxygen atoms in total. The molecule has 1 atom stereocenters. The third-order valence-electron chi connectivity index (χ3n) is 3.34. The van der Waals surface area contributed by atoms with Crippen LogP contribution < -0.4 is 10.2 Å². The molecule has 0 fully saturated rings. The van der Waals surface area contributed by atoms with Crippen LogP contribution in [-0.4, -0.2) is 20.6 Å². The van der Waals surface area contributed by atoms with Crippen LogP contribution >= 0.6 is 0 Å². The molecule has 0 aliphatic heterocycles. The van der Waals surface area contributed by atoms with Crippen LogP contribution in [0, 0.1) is 11.7 Å². The van der Waals surface area contributed by atoms with Crippen molar-refractivity contribution in [2.75, 3.05) is 25.5 Å². The number of nitrogens with zero attached hydrogens (tertiary/aromatic N) is 1. The van der Waals surface area contributed by atoms with E-state index in [4.69, 9.17) is 0 Å². The zero-order valence-corrected chi connectivity index (χ0v) is 12.1. The van der Waals surface area contributed by atoms with Gasteiger partial charge in [-0.25, -0.2) is 4.39 Å². The molecule has 3 heteroatoms. The highest BCUT2D eigenvalue weighted by molar-refractivity contribution is 5.54. The fourth-order valence-electron chi connectivity index (χ4n) is 1.95. The predicted molar refractivity (Wildman–Crippen MR) is 76.6 cm³/mol. The molecule has 0 amide bonds. The van der Waals surface area contributed by atoms with E-state index in [2.05, 4.69) is 38.0 Å². The van der Waals surface area contributed by atoms with Crippen LogP contribution in [0.25, 0.3) is 0 Å². The first kappa shape index (κ1) is 15.0. The van der Waals surface area contributed by atoms with Crippen molar-refractivity contribution >= 4 is 5.69 Å². The highest BCUT2D eigenvalue weighted by atomic mass is 19.1. The molecule has 1 unspecified atom stereocenters. The van der Waals surface area contributed by atoms with Crippen LogP contribution in [0.15, 0.2) is 18.2 Å². The van der Waals surface area contributed by atoms with E-state index in [1.807, 2.05) is 13.1 Å². The van der Waals surface area contributed by atoms with Gasteiger partial charge in [0.05, 0.1) is 0 Å². The molecule has 0 aromatic heterocycles. The average Bonchev–Trinajstić information content (AvgIpc) is 2.34. The highest BCUT2D eigenvalue weighted by Crippen LogP contribution is 2.26. The van der Waals surface area contributed by atoms with Crippen molar-refractivity contribution in [1.29, 1.82) is 0 Å². The van der Waals surface area contributed by atoms with Gasteiger partial charge in [-0.3, -0.25) is 0 Å². The van der Waals surface area contributed by atoms with Crippen LogP contribution in [0.1, 0.15) is 38.8 Å². The van der Waals surface area contributed by atoms with Gasteiger partial charge >= 0.3 is 0 Å². The third kappa shape index (κ3) is 3.98. The number of benzene rings is 1. The van der Waals surface area contributed by atoms with Gasteiger partial charge in [0.15, 0.2) is 0 Å². The van der Waals surface area contributed by atoms with Crippen LogP contribution in [-0.2, 0) is 0 Å². The van der Waals surface area contributed by atoms with Crippen molar-refractivity contribution in [3.63, 3.8) is 0 Å². The van der Waals surface area contributed by atoms with E-state index in [1.165, 1.54) is 6.07 Å². The Morgan fingerprint density at radius 2 is 1.94 bits per heavy atom. The summed E-state index contributed by atoms with van der Waals surface area (Å²) in [6.07, 6.45) is 1.14. The van der Waals surface area contributed by atoms with Crippen molar-refractivity contribution in [2.24, 2.45) is 5.92 Å². The summed E-state index contributed by atoms with van der Waals surface area (Å²) < 4.78 is 13.4. The quantitative estimate of drug-likeness (QED) is 0.832. The van der Waals surface area contributed by atoms with E-state index in [-0.39, 0.29) is 11.9 Å². The van der Waals surface area contributed by atoms with E-state index in [1.54, 1.807) is 6.07 Å². The van der Waals surface area contributed by atoms with Gasteiger partial charge in [0, 0.05) is 25.3 Å². The summed E-state index contributed by atoms with van der Waals surface area (Å²) in [5.74, 6) is 0.506. The molecule has 1 aromatic rings. The van der Waals surface area contributed by atoms with Crippen molar-refractivity contribution in [3.8, 4) is 0 Å². The average molecular weight is 252 g/mol. The maximum absolute atomic E-state index is 13.4. The molecule has 0 aliphatic carbocycles. The van der Waals surface area contributed by atoms with Crippen molar-refractivity contribution < 1.29 is 4.39 Å². The van der Waals surface area contributed by atoms with Gasteiger partial charge in [-0.15, -0.1) is 0 Å². The molecule has 1 N–H and O–H groups in total. The van der Waals surface area contributed by atoms with Crippen LogP contribution in [0.2, 0.25) is 0 Å². The van der Waals surface area contributed by atoms with Crippen molar-refractivity contribution in [1.82, 2.24) is 5.32 Å². The number of hydrogen-bond donors (Lipinski definition) is 1. The molecule has 0 bridgehead atoms. The van der Waals surface area contributed by atoms with E-state index in [9.17, 15) is 4.39 Å². The Morgan fingerprint density at radius 3 is 2.50 bits per heavy atom. The molecule has 0 radical (unpaired) electrons. The molecule has 1 rings (SSSR count). The first-order valence-electron chi connectivity index (χ1n) is 6.63. The van der Waals surface area contributed by atoms with Crippen molar-refractivity contribution in [3.05, 3.63) is 29.6 Å². The normalized spacial score (nSPS) is 12.8. The first-order chi connectivity index (χ1) is 8.45. The topological polar surface area (TPSA) is 15.3 Å². The molecule has 0 saturated carbocycles. The number of rotatable bonds is 6. The van der Waals surface area contributed by atoms with E-state index < -0.39 is 0 Å². The number of hydrogen-bond acceptors (Lipinski definition) is 2. The fourth-order valence-corrected chi connectivity index (χ4v) is 1.95. The Morgan fingerprint density at radius 1 is 1.28 bits per heavy atom. The first-order valence-corrected chi connectivity index (χ1v) is 6.63. The lowest BCUT2D eigenvalue weighted by molar-refractivity contribution is 0.579. The number of anilines is 1. The van der Waals surface area contributed by atoms with Gasteiger partial charge in [0.2, 0.25) is 0 Å². The van der Waals surface area contributed by atoms with E-state index >= 15 is 0 Å². The monoisotopic (exact) mass is 252 g/mol. The molecule has 0 aliphatic rings. The summed E-state index contributed by atoms with van der Waals surface area (Å²) in [4.78, 5) is 2.21. The summed E-state index contributed by atoms with van der Waals surface area (Å²) in [6, 6.07) is 5.19. The second-order valence-electron chi connectivity index (χ2n) is 5.32. The molecule has 0 saturated heterocycles. The van der Waals surface area contributed by atoms with Crippen molar-refractivity contribution in [2.45, 2.75) is 33.2 Å². The minimum absolute atomic E-state index is 0.150. The van der Waals surface area contributed by atoms with Crippen LogP contribution in [0.3, 0.4) is 0 Å². The summed E-state index contributed by atoms with van der Waals surface area (Å²) in [5.41, 5.74) is 2.13. The number of halogens is 1. The molecule has 1 aromatic carbocycles. The lowest BCUT2D eigenvalue weighted by atomic mass is 10.0. The minimum atomic E-state index is -0.173. The van der Waals surface area contributed by atoms with E-state index in [0.717, 1.165) is 24.2 Å². The fraction of sp³-hybridized carbons (Fsp3) is 0.600. The minimum Gasteiger partial charge on any atom is -0.374 e. The van der Waals surface area contributed by atoms with Crippen LogP contribution in [0.4, 0.5) is 10.1 Å². The zero-order valence-electron chi connectivity index (χ0n) is 12.1. The lowest BCUT2D eigenvalue weighted by Crippen LogP contribution is -2.23. The largest absolute Gasteiger partial charge is 0.374 e. The third-order valence-corrected chi connectivity index (χ3v) is 3.34. The second-order valence-corrected chi connectivity index (χ2v) is 5.32. The SMILES string of the molecule is CNC(C)c1cc(F)ccc1N(C)CCC(C)C. The Bertz CT molecular complexity index is 377. The van der Waals surface area contributed by atoms with Gasteiger partial charge in [-0.05, 0) is 50.1 Å². The standard InChI is InChI=1S/C15H25FN2/c1-11(2)8-9-18(5)15-7-6-13(16)10-14(15)12(3)17-4/h6-7,10-12,17H,8-9H2,1-5H3. The lowest BCUT2D eigenvalue weighted by Gasteiger charge is -2.25. The summed E-state index contributed by atoms with van der Waals surface area (Å²) in [5, 5.41) is 3.18. The van der Waals surface area contributed by atoms with Crippen LogP contribution in [0.5, 0.6) is 0 Å². The maximum atomic E-state index is 13.4. The molecule has 18 heavy (non-hydrogen) atoms. The second kappa shape index (κ2) is 6.74. The Kier molecular flexibility index (Phi) is 5.60. The predicted octanol–water partition coefficient (Wildman–Crippen LogP) is 3.59. The number of nitrogens with one attached hydrogen (secondary N) is 1. The van der Waals surface area contributed by atoms with E-state index in [0.29, 0.717) is 5.92 Å². The molecule has 102 valence electrons. The van der Waals surface area contributed by atoms with Gasteiger partial charge in [0.1, 0.15) is 5.82 Å². The summed E-state index contributed by atoms with van der Waals surface area (Å²) in [7, 11) is 3.97. The van der Waals surface area contributed by atoms with Gasteiger partial charge < -0.3 is 10.2 Å². The molecular formula is C15H25FN2. The summed E-state index contributed by atoms with van der Waals surface area (Å²) in [6.45, 7) is 7.48. The Balaban J connectivity index is 2.92. The summed E-state index contributed by atoms with van der Waals surface area (Å²) >= 11 is 0. The maximum Gasteiger partial charge on any atom is 0.123 e. The Hall–Kier alpha value is -1.09. The Labute approximate surface area is 110 Å². The highest BCUT2D eigenvalue weighted by Gasteiger charge is 2.13. The molecular weight excluding hydrogens is 227 g/mol.